The number of halogens is 3. The molecule has 2 aliphatic carbocycles. The first-order valence-electron chi connectivity index (χ1n) is 9.71. The van der Waals surface area contributed by atoms with Gasteiger partial charge in [0.25, 0.3) is 0 Å². The molecule has 0 amide bonds. The molecule has 3 aromatic rings. The Hall–Kier alpha value is -2.41. The highest BCUT2D eigenvalue weighted by Gasteiger charge is 2.40. The molecule has 2 fully saturated rings. The molecule has 7 heteroatoms. The zero-order valence-electron chi connectivity index (χ0n) is 15.3. The van der Waals surface area contributed by atoms with Crippen LogP contribution in [0.4, 0.5) is 13.2 Å². The summed E-state index contributed by atoms with van der Waals surface area (Å²) in [6, 6.07) is 11.9. The van der Waals surface area contributed by atoms with Crippen molar-refractivity contribution in [2.24, 2.45) is 5.92 Å². The maximum atomic E-state index is 13.8. The molecule has 2 heterocycles. The van der Waals surface area contributed by atoms with Gasteiger partial charge in [0.05, 0.1) is 0 Å². The number of rotatable bonds is 6. The van der Waals surface area contributed by atoms with E-state index < -0.39 is 11.7 Å². The highest BCUT2D eigenvalue weighted by molar-refractivity contribution is 5.53. The molecule has 5 rings (SSSR count). The van der Waals surface area contributed by atoms with Crippen LogP contribution in [-0.2, 0) is 19.1 Å². The second-order valence-electron chi connectivity index (χ2n) is 7.91. The van der Waals surface area contributed by atoms with Crippen LogP contribution in [0.3, 0.4) is 0 Å². The van der Waals surface area contributed by atoms with Crippen LogP contribution in [0.15, 0.2) is 42.6 Å². The summed E-state index contributed by atoms with van der Waals surface area (Å²) in [6.45, 7) is 0.171. The van der Waals surface area contributed by atoms with Crippen LogP contribution in [-0.4, -0.2) is 20.6 Å². The number of aromatic nitrogens is 3. The van der Waals surface area contributed by atoms with Crippen molar-refractivity contribution in [3.05, 3.63) is 65.1 Å². The number of hydrogen-bond donors (Lipinski definition) is 1. The van der Waals surface area contributed by atoms with Gasteiger partial charge in [0.2, 0.25) is 0 Å². The highest BCUT2D eigenvalue weighted by atomic mass is 19.4. The molecule has 0 bridgehead atoms. The van der Waals surface area contributed by atoms with Crippen molar-refractivity contribution in [3.63, 3.8) is 0 Å². The average molecular weight is 386 g/mol. The van der Waals surface area contributed by atoms with Crippen LogP contribution in [0, 0.1) is 5.92 Å². The number of pyridine rings is 1. The van der Waals surface area contributed by atoms with Gasteiger partial charge in [0.15, 0.2) is 5.65 Å². The van der Waals surface area contributed by atoms with Gasteiger partial charge in [-0.1, -0.05) is 30.3 Å². The minimum absolute atomic E-state index is 0.0853. The summed E-state index contributed by atoms with van der Waals surface area (Å²) in [4.78, 5) is 0. The SMILES string of the molecule is FC(F)(F)c1c(CN[C@@H]2C[C@H]2c2ccccc2)ccn2c(CC3CC3)nnc12. The minimum atomic E-state index is -4.47. The Morgan fingerprint density at radius 1 is 1.07 bits per heavy atom. The average Bonchev–Trinajstić information content (AvgIpc) is 3.58. The lowest BCUT2D eigenvalue weighted by Crippen LogP contribution is -2.21. The molecule has 2 atom stereocenters. The van der Waals surface area contributed by atoms with E-state index in [-0.39, 0.29) is 23.8 Å². The summed E-state index contributed by atoms with van der Waals surface area (Å²) >= 11 is 0. The van der Waals surface area contributed by atoms with Gasteiger partial charge < -0.3 is 5.32 Å². The second-order valence-corrected chi connectivity index (χ2v) is 7.91. The van der Waals surface area contributed by atoms with E-state index in [1.807, 2.05) is 18.2 Å². The predicted molar refractivity (Wildman–Crippen MR) is 98.8 cm³/mol. The maximum absolute atomic E-state index is 13.8. The lowest BCUT2D eigenvalue weighted by Gasteiger charge is -2.15. The number of benzene rings is 1. The summed E-state index contributed by atoms with van der Waals surface area (Å²) in [7, 11) is 0. The van der Waals surface area contributed by atoms with Crippen LogP contribution >= 0.6 is 0 Å². The van der Waals surface area contributed by atoms with Crippen LogP contribution < -0.4 is 5.32 Å². The Kier molecular flexibility index (Phi) is 4.16. The Bertz CT molecular complexity index is 992. The lowest BCUT2D eigenvalue weighted by molar-refractivity contribution is -0.137. The zero-order valence-corrected chi connectivity index (χ0v) is 15.3. The summed E-state index contributed by atoms with van der Waals surface area (Å²) in [5.74, 6) is 1.53. The molecule has 146 valence electrons. The fraction of sp³-hybridized carbons (Fsp3) is 0.429. The van der Waals surface area contributed by atoms with E-state index in [0.717, 1.165) is 19.3 Å². The molecule has 0 saturated heterocycles. The second kappa shape index (κ2) is 6.58. The van der Waals surface area contributed by atoms with E-state index in [4.69, 9.17) is 0 Å². The van der Waals surface area contributed by atoms with E-state index in [2.05, 4.69) is 27.6 Å². The summed E-state index contributed by atoms with van der Waals surface area (Å²) < 4.78 is 43.0. The van der Waals surface area contributed by atoms with Crippen molar-refractivity contribution >= 4 is 5.65 Å². The Morgan fingerprint density at radius 3 is 2.57 bits per heavy atom. The number of nitrogens with one attached hydrogen (secondary N) is 1. The molecular weight excluding hydrogens is 365 g/mol. The zero-order chi connectivity index (χ0) is 19.3. The highest BCUT2D eigenvalue weighted by Crippen LogP contribution is 2.41. The van der Waals surface area contributed by atoms with Gasteiger partial charge in [-0.15, -0.1) is 10.2 Å². The number of alkyl halides is 3. The summed E-state index contributed by atoms with van der Waals surface area (Å²) in [5, 5.41) is 11.2. The van der Waals surface area contributed by atoms with Gasteiger partial charge in [-0.3, -0.25) is 4.40 Å². The van der Waals surface area contributed by atoms with Crippen molar-refractivity contribution in [2.45, 2.75) is 50.4 Å². The van der Waals surface area contributed by atoms with E-state index in [1.165, 1.54) is 9.96 Å². The monoisotopic (exact) mass is 386 g/mol. The quantitative estimate of drug-likeness (QED) is 0.685. The predicted octanol–water partition coefficient (Wildman–Crippen LogP) is 4.35. The van der Waals surface area contributed by atoms with E-state index in [9.17, 15) is 13.2 Å². The molecule has 2 saturated carbocycles. The minimum Gasteiger partial charge on any atom is -0.309 e. The third-order valence-electron chi connectivity index (χ3n) is 5.76. The fourth-order valence-electron chi connectivity index (χ4n) is 3.95. The molecule has 1 aromatic carbocycles. The van der Waals surface area contributed by atoms with Gasteiger partial charge in [-0.25, -0.2) is 0 Å². The maximum Gasteiger partial charge on any atom is 0.420 e. The molecule has 1 N–H and O–H groups in total. The Labute approximate surface area is 160 Å². The van der Waals surface area contributed by atoms with E-state index in [1.54, 1.807) is 12.3 Å². The smallest absolute Gasteiger partial charge is 0.309 e. The largest absolute Gasteiger partial charge is 0.420 e. The van der Waals surface area contributed by atoms with E-state index in [0.29, 0.717) is 24.1 Å². The lowest BCUT2D eigenvalue weighted by atomic mass is 10.1. The normalized spacial score (nSPS) is 22.0. The Morgan fingerprint density at radius 2 is 1.86 bits per heavy atom. The van der Waals surface area contributed by atoms with Gasteiger partial charge in [0, 0.05) is 31.1 Å². The molecule has 28 heavy (non-hydrogen) atoms. The molecule has 2 aromatic heterocycles. The van der Waals surface area contributed by atoms with Crippen molar-refractivity contribution in [2.75, 3.05) is 0 Å². The number of hydrogen-bond acceptors (Lipinski definition) is 3. The first-order chi connectivity index (χ1) is 13.5. The Balaban J connectivity index is 1.38. The first kappa shape index (κ1) is 17.7. The molecule has 4 nitrogen and oxygen atoms in total. The summed E-state index contributed by atoms with van der Waals surface area (Å²) in [5.41, 5.74) is 0.699. The van der Waals surface area contributed by atoms with Crippen LogP contribution in [0.25, 0.3) is 5.65 Å². The molecule has 2 aliphatic rings. The van der Waals surface area contributed by atoms with Crippen molar-refractivity contribution in [1.29, 1.82) is 0 Å². The third-order valence-corrected chi connectivity index (χ3v) is 5.76. The topological polar surface area (TPSA) is 42.2 Å². The molecule has 0 unspecified atom stereocenters. The summed E-state index contributed by atoms with van der Waals surface area (Å²) in [6.07, 6.45) is 1.09. The van der Waals surface area contributed by atoms with Crippen molar-refractivity contribution in [3.8, 4) is 0 Å². The van der Waals surface area contributed by atoms with Gasteiger partial charge in [-0.2, -0.15) is 13.2 Å². The number of nitrogens with zero attached hydrogens (tertiary/aromatic N) is 3. The molecular formula is C21H21F3N4. The molecule has 0 spiro atoms. The van der Waals surface area contributed by atoms with Crippen molar-refractivity contribution in [1.82, 2.24) is 19.9 Å². The van der Waals surface area contributed by atoms with Gasteiger partial charge in [0.1, 0.15) is 11.4 Å². The van der Waals surface area contributed by atoms with Crippen LogP contribution in [0.2, 0.25) is 0 Å². The van der Waals surface area contributed by atoms with Crippen LogP contribution in [0.1, 0.15) is 47.7 Å². The first-order valence-corrected chi connectivity index (χ1v) is 9.71. The molecule has 0 radical (unpaired) electrons. The molecule has 0 aliphatic heterocycles. The fourth-order valence-corrected chi connectivity index (χ4v) is 3.95. The van der Waals surface area contributed by atoms with Crippen molar-refractivity contribution < 1.29 is 13.2 Å². The van der Waals surface area contributed by atoms with Gasteiger partial charge in [-0.05, 0) is 42.4 Å². The number of fused-ring (bicyclic) bond motifs is 1. The van der Waals surface area contributed by atoms with Crippen LogP contribution in [0.5, 0.6) is 0 Å². The third kappa shape index (κ3) is 3.39. The van der Waals surface area contributed by atoms with E-state index >= 15 is 0 Å². The van der Waals surface area contributed by atoms with Gasteiger partial charge >= 0.3 is 6.18 Å². The standard InChI is InChI=1S/C21H21F3N4/c22-21(23,24)19-15(12-25-17-11-16(17)14-4-2-1-3-5-14)8-9-28-18(10-13-6-7-13)26-27-20(19)28/h1-5,8-9,13,16-17,25H,6-7,10-12H2/t16-,17+/m0/s1.